The van der Waals surface area contributed by atoms with Gasteiger partial charge in [0.25, 0.3) is 0 Å². The van der Waals surface area contributed by atoms with Crippen molar-refractivity contribution in [2.45, 2.75) is 0 Å². The molecule has 0 bridgehead atoms. The molecule has 0 fully saturated rings. The summed E-state index contributed by atoms with van der Waals surface area (Å²) in [5.41, 5.74) is 5.94. The number of carbonyl (C=O) groups excluding carboxylic acids is 1. The molecule has 0 saturated carbocycles. The van der Waals surface area contributed by atoms with Gasteiger partial charge in [-0.2, -0.15) is 0 Å². The summed E-state index contributed by atoms with van der Waals surface area (Å²) in [6, 6.07) is 4.40. The Balaban J connectivity index is 2.67. The van der Waals surface area contributed by atoms with Gasteiger partial charge < -0.3 is 10.5 Å². The summed E-state index contributed by atoms with van der Waals surface area (Å²) in [5, 5.41) is 0.356. The lowest BCUT2D eigenvalue weighted by Crippen LogP contribution is -2.15. The third-order valence-corrected chi connectivity index (χ3v) is 3.07. The molecule has 1 rings (SSSR count). The van der Waals surface area contributed by atoms with E-state index in [1.54, 1.807) is 6.07 Å². The lowest BCUT2D eigenvalue weighted by Gasteiger charge is -2.06. The molecule has 1 aromatic rings. The molecule has 17 heavy (non-hydrogen) atoms. The van der Waals surface area contributed by atoms with Gasteiger partial charge >= 0.3 is 5.97 Å². The molecule has 0 saturated heterocycles. The molecule has 2 N–H and O–H groups in total. The minimum Gasteiger partial charge on any atom is -0.461 e. The zero-order valence-corrected chi connectivity index (χ0v) is 10.7. The first-order chi connectivity index (χ1) is 7.79. The highest BCUT2D eigenvalue weighted by Crippen LogP contribution is 2.18. The first-order valence-corrected chi connectivity index (χ1v) is 7.13. The van der Waals surface area contributed by atoms with Gasteiger partial charge in [-0.05, 0) is 18.2 Å². The van der Waals surface area contributed by atoms with Crippen molar-refractivity contribution in [3.8, 4) is 0 Å². The fourth-order valence-corrected chi connectivity index (χ4v) is 1.63. The molecular formula is C10H12ClNO4S. The van der Waals surface area contributed by atoms with Crippen molar-refractivity contribution in [2.24, 2.45) is 0 Å². The van der Waals surface area contributed by atoms with Crippen LogP contribution in [0, 0.1) is 0 Å². The lowest BCUT2D eigenvalue weighted by molar-refractivity contribution is 0.0530. The zero-order valence-electron chi connectivity index (χ0n) is 9.14. The van der Waals surface area contributed by atoms with Crippen molar-refractivity contribution in [1.82, 2.24) is 0 Å². The number of hydrogen-bond acceptors (Lipinski definition) is 5. The Morgan fingerprint density at radius 2 is 2.12 bits per heavy atom. The third kappa shape index (κ3) is 4.62. The maximum Gasteiger partial charge on any atom is 0.340 e. The summed E-state index contributed by atoms with van der Waals surface area (Å²) in [7, 11) is -3.15. The highest BCUT2D eigenvalue weighted by atomic mass is 35.5. The van der Waals surface area contributed by atoms with Gasteiger partial charge in [0.05, 0.1) is 11.3 Å². The number of rotatable bonds is 4. The molecule has 5 nitrogen and oxygen atoms in total. The Morgan fingerprint density at radius 3 is 2.71 bits per heavy atom. The van der Waals surface area contributed by atoms with E-state index in [2.05, 4.69) is 0 Å². The molecule has 94 valence electrons. The van der Waals surface area contributed by atoms with Gasteiger partial charge in [-0.15, -0.1) is 0 Å². The van der Waals surface area contributed by atoms with E-state index in [9.17, 15) is 13.2 Å². The quantitative estimate of drug-likeness (QED) is 0.658. The van der Waals surface area contributed by atoms with Crippen LogP contribution in [0.3, 0.4) is 0 Å². The molecule has 7 heteroatoms. The number of nitrogens with two attached hydrogens (primary N) is 1. The number of sulfone groups is 1. The second-order valence-electron chi connectivity index (χ2n) is 3.50. The van der Waals surface area contributed by atoms with Crippen LogP contribution in [-0.2, 0) is 14.6 Å². The van der Waals surface area contributed by atoms with E-state index in [0.717, 1.165) is 6.26 Å². The van der Waals surface area contributed by atoms with Crippen LogP contribution in [0.5, 0.6) is 0 Å². The summed E-state index contributed by atoms with van der Waals surface area (Å²) in [4.78, 5) is 11.5. The molecule has 1 aromatic carbocycles. The number of anilines is 1. The first-order valence-electron chi connectivity index (χ1n) is 4.69. The number of carbonyl (C=O) groups is 1. The van der Waals surface area contributed by atoms with Gasteiger partial charge in [-0.25, -0.2) is 13.2 Å². The fourth-order valence-electron chi connectivity index (χ4n) is 1.07. The fraction of sp³-hybridized carbons (Fsp3) is 0.300. The van der Waals surface area contributed by atoms with Crippen molar-refractivity contribution in [1.29, 1.82) is 0 Å². The second kappa shape index (κ2) is 5.37. The molecular weight excluding hydrogens is 266 g/mol. The third-order valence-electron chi connectivity index (χ3n) is 1.92. The molecule has 0 unspecified atom stereocenters. The molecule has 0 heterocycles. The number of hydrogen-bond donors (Lipinski definition) is 1. The topological polar surface area (TPSA) is 86.5 Å². The van der Waals surface area contributed by atoms with Crippen LogP contribution in [-0.4, -0.2) is 33.0 Å². The van der Waals surface area contributed by atoms with E-state index in [-0.39, 0.29) is 23.6 Å². The van der Waals surface area contributed by atoms with Crippen LogP contribution in [0.4, 0.5) is 5.69 Å². The van der Waals surface area contributed by atoms with Gasteiger partial charge in [0.2, 0.25) is 0 Å². The molecule has 0 spiro atoms. The van der Waals surface area contributed by atoms with Crippen molar-refractivity contribution in [2.75, 3.05) is 24.3 Å². The summed E-state index contributed by atoms with van der Waals surface area (Å²) < 4.78 is 26.4. The van der Waals surface area contributed by atoms with Crippen LogP contribution in [0.2, 0.25) is 5.02 Å². The predicted octanol–water partition coefficient (Wildman–Crippen LogP) is 1.12. The molecule has 0 atom stereocenters. The standard InChI is InChI=1S/C10H12ClNO4S/c1-17(14,15)5-4-16-10(13)8-6-7(11)2-3-9(8)12/h2-3,6H,4-5,12H2,1H3. The maximum absolute atomic E-state index is 11.5. The number of nitrogen functional groups attached to an aromatic ring is 1. The van der Waals surface area contributed by atoms with Crippen LogP contribution in [0.15, 0.2) is 18.2 Å². The Bertz CT molecular complexity index is 527. The number of ether oxygens (including phenoxy) is 1. The SMILES string of the molecule is CS(=O)(=O)CCOC(=O)c1cc(Cl)ccc1N. The largest absolute Gasteiger partial charge is 0.461 e. The van der Waals surface area contributed by atoms with Crippen molar-refractivity contribution < 1.29 is 17.9 Å². The van der Waals surface area contributed by atoms with Crippen molar-refractivity contribution in [3.63, 3.8) is 0 Å². The lowest BCUT2D eigenvalue weighted by atomic mass is 10.2. The van der Waals surface area contributed by atoms with Crippen LogP contribution in [0.25, 0.3) is 0 Å². The monoisotopic (exact) mass is 277 g/mol. The van der Waals surface area contributed by atoms with E-state index in [0.29, 0.717) is 5.02 Å². The van der Waals surface area contributed by atoms with E-state index < -0.39 is 15.8 Å². The average Bonchev–Trinajstić information content (AvgIpc) is 2.19. The summed E-state index contributed by atoms with van der Waals surface area (Å²) in [6.07, 6.45) is 1.06. The number of benzene rings is 1. The summed E-state index contributed by atoms with van der Waals surface area (Å²) >= 11 is 5.71. The van der Waals surface area contributed by atoms with E-state index in [4.69, 9.17) is 22.1 Å². The molecule has 0 aromatic heterocycles. The Morgan fingerprint density at radius 1 is 1.47 bits per heavy atom. The van der Waals surface area contributed by atoms with Gasteiger partial charge in [0.1, 0.15) is 6.61 Å². The Hall–Kier alpha value is -1.27. The van der Waals surface area contributed by atoms with Crippen LogP contribution < -0.4 is 5.73 Å². The highest BCUT2D eigenvalue weighted by Gasteiger charge is 2.12. The number of halogens is 1. The summed E-state index contributed by atoms with van der Waals surface area (Å²) in [5.74, 6) is -0.909. The zero-order chi connectivity index (χ0) is 13.1. The van der Waals surface area contributed by atoms with Crippen LogP contribution in [0.1, 0.15) is 10.4 Å². The van der Waals surface area contributed by atoms with Crippen molar-refractivity contribution >= 4 is 33.1 Å². The van der Waals surface area contributed by atoms with E-state index >= 15 is 0 Å². The van der Waals surface area contributed by atoms with Gasteiger partial charge in [0.15, 0.2) is 9.84 Å². The highest BCUT2D eigenvalue weighted by molar-refractivity contribution is 7.90. The molecule has 0 aliphatic rings. The molecule has 0 aliphatic heterocycles. The van der Waals surface area contributed by atoms with Gasteiger partial charge in [-0.3, -0.25) is 0 Å². The van der Waals surface area contributed by atoms with E-state index in [1.165, 1.54) is 12.1 Å². The first kappa shape index (κ1) is 13.8. The molecule has 0 aliphatic carbocycles. The average molecular weight is 278 g/mol. The minimum absolute atomic E-state index is 0.131. The smallest absolute Gasteiger partial charge is 0.340 e. The minimum atomic E-state index is -3.15. The second-order valence-corrected chi connectivity index (χ2v) is 6.19. The Labute approximate surface area is 104 Å². The van der Waals surface area contributed by atoms with Gasteiger partial charge in [-0.1, -0.05) is 11.6 Å². The predicted molar refractivity (Wildman–Crippen MR) is 65.9 cm³/mol. The molecule has 0 radical (unpaired) electrons. The maximum atomic E-state index is 11.5. The summed E-state index contributed by atoms with van der Waals surface area (Å²) in [6.45, 7) is -0.205. The Kier molecular flexibility index (Phi) is 4.36. The van der Waals surface area contributed by atoms with Crippen molar-refractivity contribution in [3.05, 3.63) is 28.8 Å². The van der Waals surface area contributed by atoms with Gasteiger partial charge in [0, 0.05) is 17.0 Å². The van der Waals surface area contributed by atoms with E-state index in [1.807, 2.05) is 0 Å². The number of esters is 1. The van der Waals surface area contributed by atoms with Crippen LogP contribution >= 0.6 is 11.6 Å². The molecule has 0 amide bonds. The normalized spacial score (nSPS) is 11.2.